The molecule has 5 heteroatoms. The van der Waals surface area contributed by atoms with Crippen LogP contribution in [-0.2, 0) is 6.42 Å². The predicted molar refractivity (Wildman–Crippen MR) is 45.3 cm³/mol. The number of nitrogens with two attached hydrogens (primary N) is 1. The van der Waals surface area contributed by atoms with Crippen LogP contribution in [0.15, 0.2) is 6.33 Å². The van der Waals surface area contributed by atoms with Crippen LogP contribution in [0.25, 0.3) is 0 Å². The first-order valence-corrected chi connectivity index (χ1v) is 4.24. The molecule has 0 saturated carbocycles. The van der Waals surface area contributed by atoms with Crippen LogP contribution in [0.4, 0.5) is 0 Å². The van der Waals surface area contributed by atoms with Gasteiger partial charge in [0.25, 0.3) is 0 Å². The maximum Gasteiger partial charge on any atom is 0.356 e. The number of aromatic nitrogens is 2. The molecule has 0 aromatic carbocycles. The number of carbonyl (C=O) groups is 1. The standard InChI is InChI=1S/C8H11N3O2/c9-6-3-1-2-5-7(8(12)13)10-4-11(5)6/h4,6H,1-3,9H2,(H,12,13). The van der Waals surface area contributed by atoms with Gasteiger partial charge in [-0.05, 0) is 19.3 Å². The molecule has 5 nitrogen and oxygen atoms in total. The Bertz CT molecular complexity index is 345. The van der Waals surface area contributed by atoms with Gasteiger partial charge in [-0.25, -0.2) is 9.78 Å². The molecular formula is C8H11N3O2. The SMILES string of the molecule is NC1CCCc2c(C(=O)O)ncn21. The Balaban J connectivity index is 2.47. The van der Waals surface area contributed by atoms with Crippen molar-refractivity contribution in [1.29, 1.82) is 0 Å². The number of fused-ring (bicyclic) bond motifs is 1. The molecule has 1 aromatic heterocycles. The first-order chi connectivity index (χ1) is 6.20. The maximum absolute atomic E-state index is 10.7. The zero-order valence-corrected chi connectivity index (χ0v) is 7.10. The van der Waals surface area contributed by atoms with Crippen LogP contribution in [0.5, 0.6) is 0 Å². The summed E-state index contributed by atoms with van der Waals surface area (Å²) >= 11 is 0. The van der Waals surface area contributed by atoms with Crippen molar-refractivity contribution in [3.8, 4) is 0 Å². The molecule has 0 spiro atoms. The second kappa shape index (κ2) is 2.85. The summed E-state index contributed by atoms with van der Waals surface area (Å²) in [4.78, 5) is 14.6. The molecule has 1 atom stereocenters. The Labute approximate surface area is 75.2 Å². The minimum atomic E-state index is -0.970. The number of aromatic carboxylic acids is 1. The fourth-order valence-corrected chi connectivity index (χ4v) is 1.72. The number of hydrogen-bond acceptors (Lipinski definition) is 3. The fraction of sp³-hybridized carbons (Fsp3) is 0.500. The highest BCUT2D eigenvalue weighted by Crippen LogP contribution is 2.22. The van der Waals surface area contributed by atoms with Crippen LogP contribution in [-0.4, -0.2) is 20.6 Å². The largest absolute Gasteiger partial charge is 0.476 e. The number of hydrogen-bond donors (Lipinski definition) is 2. The third-order valence-corrected chi connectivity index (χ3v) is 2.37. The molecule has 1 aliphatic rings. The van der Waals surface area contributed by atoms with Crippen molar-refractivity contribution >= 4 is 5.97 Å². The van der Waals surface area contributed by atoms with Crippen LogP contribution in [0.2, 0.25) is 0 Å². The Hall–Kier alpha value is -1.36. The second-order valence-electron chi connectivity index (χ2n) is 3.21. The first kappa shape index (κ1) is 8.25. The van der Waals surface area contributed by atoms with Gasteiger partial charge in [0.2, 0.25) is 0 Å². The minimum absolute atomic E-state index is 0.107. The molecule has 0 bridgehead atoms. The van der Waals surface area contributed by atoms with Gasteiger partial charge in [-0.2, -0.15) is 0 Å². The van der Waals surface area contributed by atoms with E-state index in [1.807, 2.05) is 0 Å². The van der Waals surface area contributed by atoms with Gasteiger partial charge in [0.15, 0.2) is 5.69 Å². The predicted octanol–water partition coefficient (Wildman–Crippen LogP) is 0.375. The summed E-state index contributed by atoms with van der Waals surface area (Å²) in [6.45, 7) is 0. The van der Waals surface area contributed by atoms with E-state index in [9.17, 15) is 4.79 Å². The monoisotopic (exact) mass is 181 g/mol. The van der Waals surface area contributed by atoms with Crippen molar-refractivity contribution in [2.45, 2.75) is 25.4 Å². The van der Waals surface area contributed by atoms with E-state index in [1.165, 1.54) is 6.33 Å². The number of carboxylic acids is 1. The van der Waals surface area contributed by atoms with Crippen molar-refractivity contribution in [3.63, 3.8) is 0 Å². The highest BCUT2D eigenvalue weighted by Gasteiger charge is 2.23. The lowest BCUT2D eigenvalue weighted by molar-refractivity contribution is 0.0689. The Morgan fingerprint density at radius 2 is 2.54 bits per heavy atom. The molecule has 0 fully saturated rings. The molecule has 2 heterocycles. The summed E-state index contributed by atoms with van der Waals surface area (Å²) in [6.07, 6.45) is 4.00. The molecule has 0 saturated heterocycles. The third-order valence-electron chi connectivity index (χ3n) is 2.37. The Morgan fingerprint density at radius 3 is 3.23 bits per heavy atom. The molecule has 13 heavy (non-hydrogen) atoms. The molecular weight excluding hydrogens is 170 g/mol. The molecule has 0 aliphatic carbocycles. The second-order valence-corrected chi connectivity index (χ2v) is 3.21. The van der Waals surface area contributed by atoms with Gasteiger partial charge in [-0.15, -0.1) is 0 Å². The summed E-state index contributed by atoms with van der Waals surface area (Å²) in [6, 6.07) is 0. The van der Waals surface area contributed by atoms with Crippen LogP contribution in [0.1, 0.15) is 35.2 Å². The summed E-state index contributed by atoms with van der Waals surface area (Å²) < 4.78 is 1.76. The summed E-state index contributed by atoms with van der Waals surface area (Å²) in [5.74, 6) is -0.970. The van der Waals surface area contributed by atoms with E-state index < -0.39 is 5.97 Å². The van der Waals surface area contributed by atoms with Crippen molar-refractivity contribution in [3.05, 3.63) is 17.7 Å². The molecule has 0 radical (unpaired) electrons. The van der Waals surface area contributed by atoms with Crippen molar-refractivity contribution < 1.29 is 9.90 Å². The molecule has 0 amide bonds. The highest BCUT2D eigenvalue weighted by molar-refractivity contribution is 5.86. The van der Waals surface area contributed by atoms with Gasteiger partial charge >= 0.3 is 5.97 Å². The summed E-state index contributed by atoms with van der Waals surface area (Å²) in [5.41, 5.74) is 6.69. The van der Waals surface area contributed by atoms with Gasteiger partial charge in [0, 0.05) is 0 Å². The van der Waals surface area contributed by atoms with Crippen LogP contribution < -0.4 is 5.73 Å². The molecule has 1 aromatic rings. The van der Waals surface area contributed by atoms with E-state index in [2.05, 4.69) is 4.98 Å². The first-order valence-electron chi connectivity index (χ1n) is 4.24. The molecule has 2 rings (SSSR count). The van der Waals surface area contributed by atoms with Gasteiger partial charge in [0.05, 0.1) is 18.2 Å². The van der Waals surface area contributed by atoms with Crippen LogP contribution in [0.3, 0.4) is 0 Å². The molecule has 3 N–H and O–H groups in total. The van der Waals surface area contributed by atoms with Gasteiger partial charge in [-0.1, -0.05) is 0 Å². The smallest absolute Gasteiger partial charge is 0.356 e. The lowest BCUT2D eigenvalue weighted by Gasteiger charge is -2.21. The quantitative estimate of drug-likeness (QED) is 0.656. The van der Waals surface area contributed by atoms with E-state index in [0.717, 1.165) is 25.0 Å². The van der Waals surface area contributed by atoms with E-state index in [-0.39, 0.29) is 11.9 Å². The van der Waals surface area contributed by atoms with Gasteiger partial charge in [0.1, 0.15) is 0 Å². The number of imidazole rings is 1. The maximum atomic E-state index is 10.7. The van der Waals surface area contributed by atoms with Crippen LogP contribution >= 0.6 is 0 Å². The van der Waals surface area contributed by atoms with Gasteiger partial charge < -0.3 is 15.4 Å². The average Bonchev–Trinajstić information content (AvgIpc) is 2.48. The van der Waals surface area contributed by atoms with Crippen molar-refractivity contribution in [2.24, 2.45) is 5.73 Å². The third kappa shape index (κ3) is 1.21. The normalized spacial score (nSPS) is 21.2. The lowest BCUT2D eigenvalue weighted by Crippen LogP contribution is -2.24. The zero-order chi connectivity index (χ0) is 9.42. The topological polar surface area (TPSA) is 81.1 Å². The number of nitrogens with zero attached hydrogens (tertiary/aromatic N) is 2. The van der Waals surface area contributed by atoms with Crippen LogP contribution in [0, 0.1) is 0 Å². The summed E-state index contributed by atoms with van der Waals surface area (Å²) in [7, 11) is 0. The Morgan fingerprint density at radius 1 is 1.77 bits per heavy atom. The zero-order valence-electron chi connectivity index (χ0n) is 7.10. The fourth-order valence-electron chi connectivity index (χ4n) is 1.72. The van der Waals surface area contributed by atoms with E-state index in [0.29, 0.717) is 0 Å². The minimum Gasteiger partial charge on any atom is -0.476 e. The Kier molecular flexibility index (Phi) is 1.81. The molecule has 1 unspecified atom stereocenters. The molecule has 70 valence electrons. The summed E-state index contributed by atoms with van der Waals surface area (Å²) in [5, 5.41) is 8.80. The lowest BCUT2D eigenvalue weighted by atomic mass is 10.1. The molecule has 1 aliphatic heterocycles. The van der Waals surface area contributed by atoms with E-state index in [4.69, 9.17) is 10.8 Å². The van der Waals surface area contributed by atoms with E-state index >= 15 is 0 Å². The number of carboxylic acid groups (broad SMARTS) is 1. The van der Waals surface area contributed by atoms with Gasteiger partial charge in [-0.3, -0.25) is 0 Å². The van der Waals surface area contributed by atoms with E-state index in [1.54, 1.807) is 4.57 Å². The number of rotatable bonds is 1. The van der Waals surface area contributed by atoms with Crippen molar-refractivity contribution in [1.82, 2.24) is 9.55 Å². The van der Waals surface area contributed by atoms with Crippen molar-refractivity contribution in [2.75, 3.05) is 0 Å². The average molecular weight is 181 g/mol. The highest BCUT2D eigenvalue weighted by atomic mass is 16.4.